The minimum absolute atomic E-state index is 0.219. The second kappa shape index (κ2) is 8.39. The number of rotatable bonds is 4. The van der Waals surface area contributed by atoms with Crippen molar-refractivity contribution in [2.24, 2.45) is 0 Å². The molecule has 0 radical (unpaired) electrons. The second-order valence-electron chi connectivity index (χ2n) is 7.68. The SMILES string of the molecule is CC(NC(=O)c1c(N)n(-c2ccc(Cl)c(Cl)c2)c2nc3ccccc3nc12)c1ccccc1. The van der Waals surface area contributed by atoms with Crippen molar-refractivity contribution in [3.63, 3.8) is 0 Å². The van der Waals surface area contributed by atoms with Crippen molar-refractivity contribution in [2.75, 3.05) is 5.73 Å². The summed E-state index contributed by atoms with van der Waals surface area (Å²) in [5.41, 5.74) is 10.7. The molecule has 3 aromatic carbocycles. The number of para-hydroxylation sites is 2. The fourth-order valence-electron chi connectivity index (χ4n) is 3.86. The molecule has 164 valence electrons. The Hall–Kier alpha value is -3.61. The molecule has 0 aliphatic rings. The molecule has 0 fully saturated rings. The van der Waals surface area contributed by atoms with Crippen LogP contribution in [0.4, 0.5) is 5.82 Å². The highest BCUT2D eigenvalue weighted by Gasteiger charge is 2.26. The highest BCUT2D eigenvalue weighted by atomic mass is 35.5. The Labute approximate surface area is 200 Å². The van der Waals surface area contributed by atoms with Crippen molar-refractivity contribution in [3.05, 3.63) is 94.0 Å². The standard InChI is InChI=1S/C25H19Cl2N5O/c1-14(15-7-3-2-4-8-15)29-25(33)21-22-24(31-20-10-6-5-9-19(20)30-22)32(23(21)28)16-11-12-17(26)18(27)13-16/h2-14H,28H2,1H3,(H,29,33). The van der Waals surface area contributed by atoms with Crippen LogP contribution in [0, 0.1) is 0 Å². The summed E-state index contributed by atoms with van der Waals surface area (Å²) in [4.78, 5) is 23.0. The summed E-state index contributed by atoms with van der Waals surface area (Å²) in [5, 5.41) is 3.82. The fraction of sp³-hybridized carbons (Fsp3) is 0.0800. The molecule has 6 nitrogen and oxygen atoms in total. The van der Waals surface area contributed by atoms with Crippen LogP contribution in [0.3, 0.4) is 0 Å². The van der Waals surface area contributed by atoms with Gasteiger partial charge < -0.3 is 11.1 Å². The molecule has 0 aliphatic heterocycles. The first kappa shape index (κ1) is 21.2. The Kier molecular flexibility index (Phi) is 5.40. The molecule has 1 amide bonds. The Bertz CT molecular complexity index is 1510. The van der Waals surface area contributed by atoms with Gasteiger partial charge in [-0.15, -0.1) is 0 Å². The van der Waals surface area contributed by atoms with Crippen molar-refractivity contribution in [2.45, 2.75) is 13.0 Å². The molecule has 0 saturated heterocycles. The average molecular weight is 476 g/mol. The van der Waals surface area contributed by atoms with E-state index in [1.54, 1.807) is 22.8 Å². The number of halogens is 2. The maximum atomic E-state index is 13.4. The number of hydrogen-bond donors (Lipinski definition) is 2. The first-order valence-electron chi connectivity index (χ1n) is 10.3. The van der Waals surface area contributed by atoms with Crippen molar-refractivity contribution in [1.82, 2.24) is 19.9 Å². The number of hydrogen-bond acceptors (Lipinski definition) is 4. The third-order valence-electron chi connectivity index (χ3n) is 5.53. The van der Waals surface area contributed by atoms with E-state index in [4.69, 9.17) is 38.9 Å². The first-order chi connectivity index (χ1) is 15.9. The molecule has 3 N–H and O–H groups in total. The molecule has 1 unspecified atom stereocenters. The molecule has 2 aromatic heterocycles. The maximum absolute atomic E-state index is 13.4. The summed E-state index contributed by atoms with van der Waals surface area (Å²) >= 11 is 12.4. The van der Waals surface area contributed by atoms with Gasteiger partial charge in [0.1, 0.15) is 16.9 Å². The predicted molar refractivity (Wildman–Crippen MR) is 133 cm³/mol. The Balaban J connectivity index is 1.70. The van der Waals surface area contributed by atoms with Crippen LogP contribution in [0.15, 0.2) is 72.8 Å². The van der Waals surface area contributed by atoms with E-state index in [0.717, 1.165) is 5.56 Å². The number of anilines is 1. The third kappa shape index (κ3) is 3.77. The lowest BCUT2D eigenvalue weighted by Gasteiger charge is -2.14. The zero-order chi connectivity index (χ0) is 23.1. The number of carbonyl (C=O) groups excluding carboxylic acids is 1. The minimum Gasteiger partial charge on any atom is -0.384 e. The number of nitrogen functional groups attached to an aromatic ring is 1. The lowest BCUT2D eigenvalue weighted by atomic mass is 10.1. The van der Waals surface area contributed by atoms with Crippen LogP contribution in [-0.2, 0) is 0 Å². The molecule has 5 aromatic rings. The summed E-state index contributed by atoms with van der Waals surface area (Å²) in [6.07, 6.45) is 0. The number of nitrogens with zero attached hydrogens (tertiary/aromatic N) is 3. The molecule has 8 heteroatoms. The molecule has 0 aliphatic carbocycles. The van der Waals surface area contributed by atoms with Crippen LogP contribution in [0.2, 0.25) is 10.0 Å². The summed E-state index contributed by atoms with van der Waals surface area (Å²) in [5.74, 6) is -0.117. The second-order valence-corrected chi connectivity index (χ2v) is 8.50. The average Bonchev–Trinajstić information content (AvgIpc) is 3.10. The van der Waals surface area contributed by atoms with Crippen LogP contribution in [-0.4, -0.2) is 20.4 Å². The number of aromatic nitrogens is 3. The molecule has 0 bridgehead atoms. The molecular weight excluding hydrogens is 457 g/mol. The number of nitrogens with two attached hydrogens (primary N) is 1. The van der Waals surface area contributed by atoms with Crippen LogP contribution >= 0.6 is 23.2 Å². The van der Waals surface area contributed by atoms with Gasteiger partial charge in [0.2, 0.25) is 0 Å². The van der Waals surface area contributed by atoms with Crippen molar-refractivity contribution >= 4 is 57.1 Å². The topological polar surface area (TPSA) is 85.8 Å². The lowest BCUT2D eigenvalue weighted by molar-refractivity contribution is 0.0942. The van der Waals surface area contributed by atoms with Crippen LogP contribution in [0.5, 0.6) is 0 Å². The van der Waals surface area contributed by atoms with E-state index in [1.807, 2.05) is 61.5 Å². The van der Waals surface area contributed by atoms with Crippen molar-refractivity contribution < 1.29 is 4.79 Å². The predicted octanol–water partition coefficient (Wildman–Crippen LogP) is 5.95. The van der Waals surface area contributed by atoms with Gasteiger partial charge in [-0.3, -0.25) is 9.36 Å². The van der Waals surface area contributed by atoms with Gasteiger partial charge in [-0.2, -0.15) is 0 Å². The molecule has 5 rings (SSSR count). The summed E-state index contributed by atoms with van der Waals surface area (Å²) in [7, 11) is 0. The largest absolute Gasteiger partial charge is 0.384 e. The van der Waals surface area contributed by atoms with Crippen molar-refractivity contribution in [1.29, 1.82) is 0 Å². The van der Waals surface area contributed by atoms with Gasteiger partial charge in [0.05, 0.1) is 32.8 Å². The quantitative estimate of drug-likeness (QED) is 0.336. The number of nitrogens with one attached hydrogen (secondary N) is 1. The van der Waals surface area contributed by atoms with Gasteiger partial charge >= 0.3 is 0 Å². The summed E-state index contributed by atoms with van der Waals surface area (Å²) in [6, 6.07) is 22.1. The summed E-state index contributed by atoms with van der Waals surface area (Å²) < 4.78 is 1.68. The van der Waals surface area contributed by atoms with E-state index in [-0.39, 0.29) is 23.3 Å². The van der Waals surface area contributed by atoms with Crippen LogP contribution in [0.1, 0.15) is 28.9 Å². The zero-order valence-electron chi connectivity index (χ0n) is 17.6. The van der Waals surface area contributed by atoms with Gasteiger partial charge in [-0.25, -0.2) is 9.97 Å². The first-order valence-corrected chi connectivity index (χ1v) is 11.1. The third-order valence-corrected chi connectivity index (χ3v) is 6.27. The number of carbonyl (C=O) groups is 1. The monoisotopic (exact) mass is 475 g/mol. The number of benzene rings is 3. The zero-order valence-corrected chi connectivity index (χ0v) is 19.1. The highest BCUT2D eigenvalue weighted by molar-refractivity contribution is 6.42. The fourth-order valence-corrected chi connectivity index (χ4v) is 4.16. The summed E-state index contributed by atoms with van der Waals surface area (Å²) in [6.45, 7) is 1.92. The Morgan fingerprint density at radius 3 is 2.30 bits per heavy atom. The molecule has 2 heterocycles. The Morgan fingerprint density at radius 2 is 1.61 bits per heavy atom. The highest BCUT2D eigenvalue weighted by Crippen LogP contribution is 2.33. The maximum Gasteiger partial charge on any atom is 0.257 e. The Morgan fingerprint density at radius 1 is 0.939 bits per heavy atom. The van der Waals surface area contributed by atoms with Gasteiger partial charge in [0.15, 0.2) is 5.65 Å². The van der Waals surface area contributed by atoms with E-state index in [1.165, 1.54) is 0 Å². The van der Waals surface area contributed by atoms with E-state index < -0.39 is 0 Å². The lowest BCUT2D eigenvalue weighted by Crippen LogP contribution is -2.27. The number of amides is 1. The van der Waals surface area contributed by atoms with Crippen molar-refractivity contribution in [3.8, 4) is 5.69 Å². The van der Waals surface area contributed by atoms with E-state index in [9.17, 15) is 4.79 Å². The smallest absolute Gasteiger partial charge is 0.257 e. The molecule has 0 saturated carbocycles. The molecule has 1 atom stereocenters. The molecule has 33 heavy (non-hydrogen) atoms. The molecular formula is C25H19Cl2N5O. The normalized spacial score (nSPS) is 12.2. The van der Waals surface area contributed by atoms with Gasteiger partial charge in [0, 0.05) is 0 Å². The van der Waals surface area contributed by atoms with Crippen LogP contribution < -0.4 is 11.1 Å². The van der Waals surface area contributed by atoms with Gasteiger partial charge in [0.25, 0.3) is 5.91 Å². The van der Waals surface area contributed by atoms with Gasteiger partial charge in [-0.1, -0.05) is 65.7 Å². The van der Waals surface area contributed by atoms with Gasteiger partial charge in [-0.05, 0) is 42.8 Å². The molecule has 0 spiro atoms. The minimum atomic E-state index is -0.336. The van der Waals surface area contributed by atoms with E-state index in [0.29, 0.717) is 37.9 Å². The van der Waals surface area contributed by atoms with Crippen LogP contribution in [0.25, 0.3) is 27.9 Å². The van der Waals surface area contributed by atoms with E-state index >= 15 is 0 Å². The van der Waals surface area contributed by atoms with E-state index in [2.05, 4.69) is 5.32 Å². The number of fused-ring (bicyclic) bond motifs is 2.